The van der Waals surface area contributed by atoms with Crippen LogP contribution in [0.3, 0.4) is 0 Å². The molecule has 0 amide bonds. The quantitative estimate of drug-likeness (QED) is 0.768. The lowest BCUT2D eigenvalue weighted by Crippen LogP contribution is -2.19. The van der Waals surface area contributed by atoms with Crippen LogP contribution in [0.1, 0.15) is 51.2 Å². The highest BCUT2D eigenvalue weighted by molar-refractivity contribution is 5.61. The van der Waals surface area contributed by atoms with E-state index in [1.807, 2.05) is 0 Å². The summed E-state index contributed by atoms with van der Waals surface area (Å²) < 4.78 is 0. The molecule has 1 heterocycles. The molecule has 1 aliphatic rings. The molecule has 0 radical (unpaired) electrons. The summed E-state index contributed by atoms with van der Waals surface area (Å²) in [6, 6.07) is 6.90. The number of anilines is 1. The molecule has 1 aromatic carbocycles. The van der Waals surface area contributed by atoms with Gasteiger partial charge in [-0.1, -0.05) is 39.8 Å². The third-order valence-electron chi connectivity index (χ3n) is 3.67. The smallest absolute Gasteiger partial charge is 0.0379 e. The van der Waals surface area contributed by atoms with Gasteiger partial charge in [0.1, 0.15) is 0 Å². The van der Waals surface area contributed by atoms with Crippen molar-refractivity contribution in [2.24, 2.45) is 0 Å². The second-order valence-electron chi connectivity index (χ2n) is 5.35. The van der Waals surface area contributed by atoms with Crippen LogP contribution in [0.15, 0.2) is 18.2 Å². The highest BCUT2D eigenvalue weighted by atomic mass is 14.9. The van der Waals surface area contributed by atoms with Crippen LogP contribution >= 0.6 is 0 Å². The summed E-state index contributed by atoms with van der Waals surface area (Å²) in [7, 11) is 0. The molecule has 82 valence electrons. The number of rotatable bonds is 2. The van der Waals surface area contributed by atoms with Crippen molar-refractivity contribution in [1.29, 1.82) is 0 Å². The van der Waals surface area contributed by atoms with Crippen LogP contribution in [0.2, 0.25) is 0 Å². The van der Waals surface area contributed by atoms with E-state index in [9.17, 15) is 0 Å². The molecular weight excluding hydrogens is 182 g/mol. The average molecular weight is 203 g/mol. The minimum atomic E-state index is 0.290. The monoisotopic (exact) mass is 203 g/mol. The first-order valence-electron chi connectivity index (χ1n) is 5.93. The fraction of sp³-hybridized carbons (Fsp3) is 0.571. The lowest BCUT2D eigenvalue weighted by molar-refractivity contribution is 0.584. The molecule has 1 aliphatic heterocycles. The van der Waals surface area contributed by atoms with E-state index in [4.69, 9.17) is 0 Å². The van der Waals surface area contributed by atoms with E-state index in [0.717, 1.165) is 6.54 Å². The summed E-state index contributed by atoms with van der Waals surface area (Å²) in [5.74, 6) is 0.673. The second-order valence-corrected chi connectivity index (χ2v) is 5.35. The van der Waals surface area contributed by atoms with Gasteiger partial charge in [-0.2, -0.15) is 0 Å². The van der Waals surface area contributed by atoms with E-state index >= 15 is 0 Å². The predicted octanol–water partition coefficient (Wildman–Crippen LogP) is 3.90. The Morgan fingerprint density at radius 2 is 2.13 bits per heavy atom. The molecular formula is C14H21N. The summed E-state index contributed by atoms with van der Waals surface area (Å²) in [5.41, 5.74) is 4.58. The number of hydrogen-bond donors (Lipinski definition) is 1. The van der Waals surface area contributed by atoms with Gasteiger partial charge in [-0.05, 0) is 29.5 Å². The normalized spacial score (nSPS) is 19.5. The molecule has 1 N–H and O–H groups in total. The Labute approximate surface area is 92.9 Å². The van der Waals surface area contributed by atoms with Gasteiger partial charge in [0.15, 0.2) is 0 Å². The lowest BCUT2D eigenvalue weighted by atomic mass is 9.84. The van der Waals surface area contributed by atoms with Crippen molar-refractivity contribution in [3.63, 3.8) is 0 Å². The third-order valence-corrected chi connectivity index (χ3v) is 3.67. The predicted molar refractivity (Wildman–Crippen MR) is 66.7 cm³/mol. The Morgan fingerprint density at radius 3 is 2.80 bits per heavy atom. The molecule has 2 rings (SSSR count). The largest absolute Gasteiger partial charge is 0.384 e. The Hall–Kier alpha value is -0.980. The standard InChI is InChI=1S/C14H21N/c1-5-10(2)11-6-7-13-12(8-11)14(3,4)9-15-13/h6-8,10,15H,5,9H2,1-4H3. The van der Waals surface area contributed by atoms with Crippen LogP contribution in [0.4, 0.5) is 5.69 Å². The van der Waals surface area contributed by atoms with E-state index in [2.05, 4.69) is 51.2 Å². The average Bonchev–Trinajstić information content (AvgIpc) is 2.53. The van der Waals surface area contributed by atoms with Gasteiger partial charge in [0.2, 0.25) is 0 Å². The minimum absolute atomic E-state index is 0.290. The SMILES string of the molecule is CCC(C)c1ccc2c(c1)C(C)(C)CN2. The topological polar surface area (TPSA) is 12.0 Å². The van der Waals surface area contributed by atoms with Crippen LogP contribution < -0.4 is 5.32 Å². The molecule has 0 bridgehead atoms. The molecule has 0 spiro atoms. The maximum atomic E-state index is 3.47. The van der Waals surface area contributed by atoms with Crippen LogP contribution in [0.5, 0.6) is 0 Å². The number of hydrogen-bond acceptors (Lipinski definition) is 1. The molecule has 1 aromatic rings. The first-order valence-corrected chi connectivity index (χ1v) is 5.93. The summed E-state index contributed by atoms with van der Waals surface area (Å²) >= 11 is 0. The van der Waals surface area contributed by atoms with Gasteiger partial charge in [0, 0.05) is 17.6 Å². The molecule has 0 aliphatic carbocycles. The lowest BCUT2D eigenvalue weighted by Gasteiger charge is -2.19. The Morgan fingerprint density at radius 1 is 1.40 bits per heavy atom. The van der Waals surface area contributed by atoms with E-state index < -0.39 is 0 Å². The van der Waals surface area contributed by atoms with Gasteiger partial charge in [-0.25, -0.2) is 0 Å². The molecule has 1 nitrogen and oxygen atoms in total. The van der Waals surface area contributed by atoms with Crippen LogP contribution in [0.25, 0.3) is 0 Å². The third kappa shape index (κ3) is 1.75. The van der Waals surface area contributed by atoms with E-state index in [1.54, 1.807) is 0 Å². The first-order chi connectivity index (χ1) is 7.04. The molecule has 0 fully saturated rings. The molecule has 0 aromatic heterocycles. The summed E-state index contributed by atoms with van der Waals surface area (Å²) in [5, 5.41) is 3.47. The first kappa shape index (κ1) is 10.5. The fourth-order valence-electron chi connectivity index (χ4n) is 2.23. The van der Waals surface area contributed by atoms with Crippen molar-refractivity contribution in [2.45, 2.75) is 45.4 Å². The van der Waals surface area contributed by atoms with Gasteiger partial charge in [0.25, 0.3) is 0 Å². The van der Waals surface area contributed by atoms with Gasteiger partial charge >= 0.3 is 0 Å². The van der Waals surface area contributed by atoms with E-state index in [-0.39, 0.29) is 0 Å². The van der Waals surface area contributed by atoms with Crippen LogP contribution in [-0.2, 0) is 5.41 Å². The zero-order valence-corrected chi connectivity index (χ0v) is 10.2. The Bertz CT molecular complexity index is 366. The molecule has 0 saturated heterocycles. The highest BCUT2D eigenvalue weighted by Crippen LogP contribution is 2.38. The minimum Gasteiger partial charge on any atom is -0.384 e. The Balaban J connectivity index is 2.41. The molecule has 0 saturated carbocycles. The maximum Gasteiger partial charge on any atom is 0.0379 e. The highest BCUT2D eigenvalue weighted by Gasteiger charge is 2.29. The van der Waals surface area contributed by atoms with E-state index in [1.165, 1.54) is 23.2 Å². The molecule has 1 atom stereocenters. The maximum absolute atomic E-state index is 3.47. The fourth-order valence-corrected chi connectivity index (χ4v) is 2.23. The molecule has 15 heavy (non-hydrogen) atoms. The van der Waals surface area contributed by atoms with Crippen molar-refractivity contribution in [3.8, 4) is 0 Å². The molecule has 1 heteroatoms. The van der Waals surface area contributed by atoms with Crippen molar-refractivity contribution < 1.29 is 0 Å². The number of nitrogens with one attached hydrogen (secondary N) is 1. The van der Waals surface area contributed by atoms with Crippen molar-refractivity contribution in [3.05, 3.63) is 29.3 Å². The zero-order valence-electron chi connectivity index (χ0n) is 10.2. The Kier molecular flexibility index (Phi) is 2.49. The van der Waals surface area contributed by atoms with Gasteiger partial charge in [-0.15, -0.1) is 0 Å². The van der Waals surface area contributed by atoms with Crippen molar-refractivity contribution in [2.75, 3.05) is 11.9 Å². The number of fused-ring (bicyclic) bond motifs is 1. The van der Waals surface area contributed by atoms with Gasteiger partial charge in [-0.3, -0.25) is 0 Å². The van der Waals surface area contributed by atoms with E-state index in [0.29, 0.717) is 11.3 Å². The summed E-state index contributed by atoms with van der Waals surface area (Å²) in [6.07, 6.45) is 1.21. The van der Waals surface area contributed by atoms with Crippen molar-refractivity contribution in [1.82, 2.24) is 0 Å². The summed E-state index contributed by atoms with van der Waals surface area (Å²) in [4.78, 5) is 0. The number of benzene rings is 1. The van der Waals surface area contributed by atoms with Gasteiger partial charge < -0.3 is 5.32 Å². The second kappa shape index (κ2) is 3.55. The van der Waals surface area contributed by atoms with Crippen molar-refractivity contribution >= 4 is 5.69 Å². The van der Waals surface area contributed by atoms with Gasteiger partial charge in [0.05, 0.1) is 0 Å². The van der Waals surface area contributed by atoms with Crippen LogP contribution in [-0.4, -0.2) is 6.54 Å². The van der Waals surface area contributed by atoms with Crippen LogP contribution in [0, 0.1) is 0 Å². The molecule has 1 unspecified atom stereocenters. The summed E-state index contributed by atoms with van der Waals surface area (Å²) in [6.45, 7) is 10.2. The zero-order chi connectivity index (χ0) is 11.1.